The van der Waals surface area contributed by atoms with Gasteiger partial charge in [-0.3, -0.25) is 9.79 Å². The van der Waals surface area contributed by atoms with E-state index in [1.807, 2.05) is 6.92 Å². The second-order valence-electron chi connectivity index (χ2n) is 4.05. The Morgan fingerprint density at radius 3 is 2.94 bits per heavy atom. The molecule has 17 heavy (non-hydrogen) atoms. The van der Waals surface area contributed by atoms with E-state index in [1.165, 1.54) is 18.7 Å². The molecule has 1 saturated heterocycles. The monoisotopic (exact) mass is 261 g/mol. The average molecular weight is 261 g/mol. The quantitative estimate of drug-likeness (QED) is 0.653. The Kier molecular flexibility index (Phi) is 3.72. The maximum Gasteiger partial charge on any atom is 0.303 e. The molecule has 2 aliphatic heterocycles. The summed E-state index contributed by atoms with van der Waals surface area (Å²) in [6, 6.07) is -0.401. The minimum Gasteiger partial charge on any atom is -0.457 e. The van der Waals surface area contributed by atoms with Gasteiger partial charge in [-0.15, -0.1) is 0 Å². The number of nitrogens with zero attached hydrogens (tertiary/aromatic N) is 1. The van der Waals surface area contributed by atoms with Crippen LogP contribution in [0.3, 0.4) is 0 Å². The van der Waals surface area contributed by atoms with E-state index < -0.39 is 30.3 Å². The summed E-state index contributed by atoms with van der Waals surface area (Å²) in [6.45, 7) is 2.79. The SMILES string of the molecule is CC(=O)O[C@H]1[C@H](O)[C@@H](CO)O[C@@H]2SC(C)=N[C@H]12. The number of carbonyl (C=O) groups excluding carboxylic acids is 1. The Bertz CT molecular complexity index is 348. The zero-order chi connectivity index (χ0) is 12.6. The molecule has 0 spiro atoms. The van der Waals surface area contributed by atoms with Gasteiger partial charge in [-0.1, -0.05) is 11.8 Å². The van der Waals surface area contributed by atoms with Crippen LogP contribution < -0.4 is 0 Å². The smallest absolute Gasteiger partial charge is 0.303 e. The number of aliphatic hydroxyl groups is 2. The van der Waals surface area contributed by atoms with E-state index in [1.54, 1.807) is 0 Å². The van der Waals surface area contributed by atoms with Crippen molar-refractivity contribution in [2.75, 3.05) is 6.61 Å². The molecule has 96 valence electrons. The molecule has 1 fully saturated rings. The van der Waals surface area contributed by atoms with Gasteiger partial charge in [0.15, 0.2) is 6.10 Å². The average Bonchev–Trinajstić information content (AvgIpc) is 2.62. The summed E-state index contributed by atoms with van der Waals surface area (Å²) in [4.78, 5) is 15.3. The molecular weight excluding hydrogens is 246 g/mol. The van der Waals surface area contributed by atoms with E-state index >= 15 is 0 Å². The van der Waals surface area contributed by atoms with E-state index in [2.05, 4.69) is 4.99 Å². The predicted molar refractivity (Wildman–Crippen MR) is 61.8 cm³/mol. The van der Waals surface area contributed by atoms with Gasteiger partial charge in [0.25, 0.3) is 0 Å². The topological polar surface area (TPSA) is 88.4 Å². The summed E-state index contributed by atoms with van der Waals surface area (Å²) in [5, 5.41) is 19.9. The molecular formula is C10H15NO5S. The standard InChI is InChI=1S/C10H15NO5S/c1-4-11-7-9(15-5(2)13)8(14)6(3-12)16-10(7)17-4/h6-10,12,14H,3H2,1-2H3/t6-,7-,8-,9-,10-/m1/s1. The molecule has 0 radical (unpaired) electrons. The van der Waals surface area contributed by atoms with Crippen LogP contribution in [0.4, 0.5) is 0 Å². The Morgan fingerprint density at radius 2 is 2.35 bits per heavy atom. The summed E-state index contributed by atoms with van der Waals surface area (Å²) in [6.07, 6.45) is -2.55. The van der Waals surface area contributed by atoms with Crippen molar-refractivity contribution in [3.05, 3.63) is 0 Å². The number of aliphatic hydroxyl groups excluding tert-OH is 2. The van der Waals surface area contributed by atoms with E-state index in [-0.39, 0.29) is 12.0 Å². The lowest BCUT2D eigenvalue weighted by Crippen LogP contribution is -2.57. The van der Waals surface area contributed by atoms with Crippen LogP contribution in [-0.4, -0.2) is 57.6 Å². The lowest BCUT2D eigenvalue weighted by Gasteiger charge is -2.39. The first-order valence-electron chi connectivity index (χ1n) is 5.35. The summed E-state index contributed by atoms with van der Waals surface area (Å²) in [5.41, 5.74) is -0.306. The van der Waals surface area contributed by atoms with Crippen molar-refractivity contribution in [1.82, 2.24) is 0 Å². The maximum atomic E-state index is 11.0. The predicted octanol–water partition coefficient (Wildman–Crippen LogP) is -0.470. The first-order chi connectivity index (χ1) is 8.02. The number of aliphatic imine (C=N–C) groups is 1. The largest absolute Gasteiger partial charge is 0.457 e. The molecule has 0 aromatic heterocycles. The van der Waals surface area contributed by atoms with E-state index in [0.29, 0.717) is 0 Å². The van der Waals surface area contributed by atoms with Gasteiger partial charge < -0.3 is 19.7 Å². The van der Waals surface area contributed by atoms with Crippen molar-refractivity contribution in [2.45, 2.75) is 43.6 Å². The zero-order valence-corrected chi connectivity index (χ0v) is 10.4. The van der Waals surface area contributed by atoms with Crippen molar-refractivity contribution in [1.29, 1.82) is 0 Å². The first kappa shape index (κ1) is 12.8. The van der Waals surface area contributed by atoms with Crippen LogP contribution in [0.25, 0.3) is 0 Å². The molecule has 7 heteroatoms. The highest BCUT2D eigenvalue weighted by molar-refractivity contribution is 8.14. The third-order valence-electron chi connectivity index (χ3n) is 2.74. The highest BCUT2D eigenvalue weighted by Crippen LogP contribution is 2.37. The summed E-state index contributed by atoms with van der Waals surface area (Å²) in [5.74, 6) is -0.476. The van der Waals surface area contributed by atoms with Gasteiger partial charge >= 0.3 is 5.97 Å². The number of fused-ring (bicyclic) bond motifs is 1. The zero-order valence-electron chi connectivity index (χ0n) is 9.57. The van der Waals surface area contributed by atoms with Crippen LogP contribution in [0.5, 0.6) is 0 Å². The molecule has 2 aliphatic rings. The Labute approximate surface area is 103 Å². The van der Waals surface area contributed by atoms with Crippen LogP contribution in [-0.2, 0) is 14.3 Å². The second kappa shape index (κ2) is 4.93. The molecule has 0 aliphatic carbocycles. The summed E-state index contributed by atoms with van der Waals surface area (Å²) < 4.78 is 10.6. The van der Waals surface area contributed by atoms with Crippen molar-refractivity contribution in [3.8, 4) is 0 Å². The van der Waals surface area contributed by atoms with Gasteiger partial charge in [-0.2, -0.15) is 0 Å². The maximum absolute atomic E-state index is 11.0. The van der Waals surface area contributed by atoms with Gasteiger partial charge in [0.05, 0.1) is 11.7 Å². The van der Waals surface area contributed by atoms with Gasteiger partial charge in [-0.05, 0) is 6.92 Å². The van der Waals surface area contributed by atoms with Crippen molar-refractivity contribution in [2.24, 2.45) is 4.99 Å². The fourth-order valence-corrected chi connectivity index (χ4v) is 3.10. The lowest BCUT2D eigenvalue weighted by atomic mass is 9.98. The van der Waals surface area contributed by atoms with Gasteiger partial charge in [0.1, 0.15) is 23.7 Å². The Balaban J connectivity index is 2.19. The molecule has 6 nitrogen and oxygen atoms in total. The number of esters is 1. The normalized spacial score (nSPS) is 40.7. The molecule has 0 aromatic carbocycles. The van der Waals surface area contributed by atoms with Gasteiger partial charge in [-0.25, -0.2) is 0 Å². The third-order valence-corrected chi connectivity index (χ3v) is 3.81. The van der Waals surface area contributed by atoms with Gasteiger partial charge in [0.2, 0.25) is 0 Å². The number of thioether (sulfide) groups is 1. The second-order valence-corrected chi connectivity index (χ2v) is 5.34. The molecule has 2 heterocycles. The Hall–Kier alpha value is -0.630. The molecule has 2 rings (SSSR count). The van der Waals surface area contributed by atoms with Crippen LogP contribution in [0.1, 0.15) is 13.8 Å². The van der Waals surface area contributed by atoms with Crippen molar-refractivity contribution >= 4 is 22.8 Å². The van der Waals surface area contributed by atoms with Crippen molar-refractivity contribution < 1.29 is 24.5 Å². The molecule has 5 atom stereocenters. The number of rotatable bonds is 2. The molecule has 0 bridgehead atoms. The molecule has 0 unspecified atom stereocenters. The minimum absolute atomic E-state index is 0.306. The van der Waals surface area contributed by atoms with Crippen LogP contribution in [0.2, 0.25) is 0 Å². The fraction of sp³-hybridized carbons (Fsp3) is 0.800. The summed E-state index contributed by atoms with van der Waals surface area (Å²) >= 11 is 1.42. The highest BCUT2D eigenvalue weighted by Gasteiger charge is 2.49. The summed E-state index contributed by atoms with van der Waals surface area (Å²) in [7, 11) is 0. The Morgan fingerprint density at radius 1 is 1.65 bits per heavy atom. The molecule has 2 N–H and O–H groups in total. The lowest BCUT2D eigenvalue weighted by molar-refractivity contribution is -0.189. The fourth-order valence-electron chi connectivity index (χ4n) is 2.02. The number of carbonyl (C=O) groups is 1. The number of hydrogen-bond donors (Lipinski definition) is 2. The van der Waals surface area contributed by atoms with E-state index in [9.17, 15) is 9.90 Å². The number of hydrogen-bond acceptors (Lipinski definition) is 7. The van der Waals surface area contributed by atoms with Crippen LogP contribution in [0.15, 0.2) is 4.99 Å². The van der Waals surface area contributed by atoms with E-state index in [4.69, 9.17) is 14.6 Å². The molecule has 0 amide bonds. The molecule has 0 saturated carbocycles. The van der Waals surface area contributed by atoms with Crippen LogP contribution in [0, 0.1) is 0 Å². The van der Waals surface area contributed by atoms with Crippen LogP contribution >= 0.6 is 11.8 Å². The number of ether oxygens (including phenoxy) is 2. The van der Waals surface area contributed by atoms with E-state index in [0.717, 1.165) is 5.04 Å². The minimum atomic E-state index is -1.06. The third kappa shape index (κ3) is 2.47. The molecule has 0 aromatic rings. The first-order valence-corrected chi connectivity index (χ1v) is 6.23. The van der Waals surface area contributed by atoms with Crippen molar-refractivity contribution in [3.63, 3.8) is 0 Å². The highest BCUT2D eigenvalue weighted by atomic mass is 32.2. The van der Waals surface area contributed by atoms with Gasteiger partial charge in [0, 0.05) is 6.92 Å².